The van der Waals surface area contributed by atoms with E-state index in [1.165, 1.54) is 27.0 Å². The molecule has 0 unspecified atom stereocenters. The number of furan rings is 1. The van der Waals surface area contributed by atoms with Gasteiger partial charge >= 0.3 is 0 Å². The Morgan fingerprint density at radius 1 is 0.455 bits per heavy atom. The van der Waals surface area contributed by atoms with E-state index in [2.05, 4.69) is 105 Å². The van der Waals surface area contributed by atoms with Gasteiger partial charge in [0.05, 0.1) is 15.8 Å². The predicted octanol–water partition coefficient (Wildman–Crippen LogP) is 13.0. The summed E-state index contributed by atoms with van der Waals surface area (Å²) in [6.07, 6.45) is 0. The van der Waals surface area contributed by atoms with E-state index in [1.54, 1.807) is 11.3 Å². The standard InChI is InChI=1S/C49H32N4OS/c1-49(2)39-26-24-32(28-38(39)34-25-27-40-42(41(34)49)50-48(55-40)31-18-10-5-11-19-31)33-20-12-21-35-36-22-13-23-37(44(36)54-43(33)35)47-52-45(29-14-6-3-7-15-29)51-46(53-47)30-16-8-4-9-17-30/h3-28H,1-2H3. The van der Waals surface area contributed by atoms with E-state index in [1.807, 2.05) is 66.7 Å². The number of benzene rings is 7. The van der Waals surface area contributed by atoms with Crippen LogP contribution in [0.3, 0.4) is 0 Å². The van der Waals surface area contributed by atoms with E-state index in [9.17, 15) is 0 Å². The lowest BCUT2D eigenvalue weighted by Gasteiger charge is -2.22. The van der Waals surface area contributed by atoms with Crippen molar-refractivity contribution in [2.45, 2.75) is 19.3 Å². The number of thiazole rings is 1. The summed E-state index contributed by atoms with van der Waals surface area (Å²) in [5, 5.41) is 3.12. The molecule has 55 heavy (non-hydrogen) atoms. The molecular weight excluding hydrogens is 693 g/mol. The van der Waals surface area contributed by atoms with Crippen LogP contribution in [0, 0.1) is 0 Å². The SMILES string of the molecule is CC1(C)c2ccc(-c3cccc4c3oc3c(-c5nc(-c6ccccc6)nc(-c6ccccc6)n5)cccc34)cc2-c2ccc3sc(-c4ccccc4)nc3c21. The highest BCUT2D eigenvalue weighted by atomic mass is 32.1. The second-order valence-electron chi connectivity index (χ2n) is 14.6. The van der Waals surface area contributed by atoms with Crippen LogP contribution in [0.4, 0.5) is 0 Å². The lowest BCUT2D eigenvalue weighted by Crippen LogP contribution is -2.15. The first-order valence-corrected chi connectivity index (χ1v) is 19.3. The molecule has 6 heteroatoms. The number of para-hydroxylation sites is 2. The summed E-state index contributed by atoms with van der Waals surface area (Å²) in [6.45, 7) is 4.65. The Labute approximate surface area is 321 Å². The maximum atomic E-state index is 6.94. The minimum atomic E-state index is -0.202. The molecule has 1 aliphatic rings. The summed E-state index contributed by atoms with van der Waals surface area (Å²) in [4.78, 5) is 20.2. The molecule has 260 valence electrons. The molecular formula is C49H32N4OS. The molecule has 0 amide bonds. The van der Waals surface area contributed by atoms with Crippen LogP contribution in [0.25, 0.3) is 99.1 Å². The molecule has 0 fully saturated rings. The molecule has 0 N–H and O–H groups in total. The monoisotopic (exact) mass is 724 g/mol. The third kappa shape index (κ3) is 4.99. The summed E-state index contributed by atoms with van der Waals surface area (Å²) >= 11 is 1.76. The zero-order chi connectivity index (χ0) is 36.7. The van der Waals surface area contributed by atoms with Crippen LogP contribution in [0.2, 0.25) is 0 Å². The summed E-state index contributed by atoms with van der Waals surface area (Å²) < 4.78 is 8.15. The van der Waals surface area contributed by atoms with Gasteiger partial charge in [-0.15, -0.1) is 11.3 Å². The second-order valence-corrected chi connectivity index (χ2v) is 15.6. The van der Waals surface area contributed by atoms with Crippen molar-refractivity contribution in [3.8, 4) is 67.0 Å². The van der Waals surface area contributed by atoms with Gasteiger partial charge in [0.15, 0.2) is 17.5 Å². The van der Waals surface area contributed by atoms with Gasteiger partial charge in [0.25, 0.3) is 0 Å². The predicted molar refractivity (Wildman–Crippen MR) is 225 cm³/mol. The molecule has 0 atom stereocenters. The molecule has 0 saturated heterocycles. The molecule has 0 spiro atoms. The fourth-order valence-corrected chi connectivity index (χ4v) is 9.30. The topological polar surface area (TPSA) is 64.7 Å². The van der Waals surface area contributed by atoms with Crippen molar-refractivity contribution in [1.82, 2.24) is 19.9 Å². The number of hydrogen-bond acceptors (Lipinski definition) is 6. The van der Waals surface area contributed by atoms with E-state index >= 15 is 0 Å². The van der Waals surface area contributed by atoms with E-state index in [-0.39, 0.29) is 5.41 Å². The molecule has 0 aliphatic heterocycles. The van der Waals surface area contributed by atoms with Gasteiger partial charge in [-0.3, -0.25) is 0 Å². The van der Waals surface area contributed by atoms with Gasteiger partial charge in [-0.2, -0.15) is 0 Å². The third-order valence-corrected chi connectivity index (χ3v) is 12.0. The van der Waals surface area contributed by atoms with Crippen LogP contribution < -0.4 is 0 Å². The van der Waals surface area contributed by atoms with E-state index in [0.29, 0.717) is 17.5 Å². The van der Waals surface area contributed by atoms with Gasteiger partial charge in [-0.05, 0) is 46.0 Å². The van der Waals surface area contributed by atoms with Crippen molar-refractivity contribution in [1.29, 1.82) is 0 Å². The number of rotatable bonds is 5. The average Bonchev–Trinajstić information content (AvgIpc) is 3.92. The summed E-state index contributed by atoms with van der Waals surface area (Å²) in [7, 11) is 0. The zero-order valence-corrected chi connectivity index (χ0v) is 30.9. The van der Waals surface area contributed by atoms with Crippen LogP contribution in [-0.4, -0.2) is 19.9 Å². The van der Waals surface area contributed by atoms with Gasteiger partial charge in [0.1, 0.15) is 16.2 Å². The van der Waals surface area contributed by atoms with Crippen LogP contribution in [0.5, 0.6) is 0 Å². The van der Waals surface area contributed by atoms with Crippen molar-refractivity contribution in [2.24, 2.45) is 0 Å². The largest absolute Gasteiger partial charge is 0.455 e. The molecule has 5 nitrogen and oxygen atoms in total. The lowest BCUT2D eigenvalue weighted by molar-refractivity contribution is 0.665. The first kappa shape index (κ1) is 31.7. The Hall–Kier alpha value is -6.76. The van der Waals surface area contributed by atoms with E-state index in [4.69, 9.17) is 24.4 Å². The van der Waals surface area contributed by atoms with Crippen molar-refractivity contribution < 1.29 is 4.42 Å². The highest BCUT2D eigenvalue weighted by Gasteiger charge is 2.38. The molecule has 11 rings (SSSR count). The van der Waals surface area contributed by atoms with Crippen molar-refractivity contribution in [2.75, 3.05) is 0 Å². The maximum absolute atomic E-state index is 6.94. The number of aromatic nitrogens is 4. The maximum Gasteiger partial charge on any atom is 0.167 e. The average molecular weight is 725 g/mol. The van der Waals surface area contributed by atoms with Crippen LogP contribution >= 0.6 is 11.3 Å². The number of hydrogen-bond donors (Lipinski definition) is 0. The minimum Gasteiger partial charge on any atom is -0.455 e. The minimum absolute atomic E-state index is 0.202. The van der Waals surface area contributed by atoms with Crippen molar-refractivity contribution in [3.05, 3.63) is 169 Å². The molecule has 0 bridgehead atoms. The van der Waals surface area contributed by atoms with E-state index in [0.717, 1.165) is 65.8 Å². The van der Waals surface area contributed by atoms with Gasteiger partial charge in [0, 0.05) is 38.4 Å². The molecule has 10 aromatic rings. The summed E-state index contributed by atoms with van der Waals surface area (Å²) in [5.41, 5.74) is 13.6. The Morgan fingerprint density at radius 2 is 1.04 bits per heavy atom. The molecule has 3 heterocycles. The van der Waals surface area contributed by atoms with E-state index < -0.39 is 0 Å². The third-order valence-electron chi connectivity index (χ3n) is 11.0. The van der Waals surface area contributed by atoms with Crippen LogP contribution in [-0.2, 0) is 5.41 Å². The summed E-state index contributed by atoms with van der Waals surface area (Å²) in [6, 6.07) is 54.7. The van der Waals surface area contributed by atoms with Crippen molar-refractivity contribution in [3.63, 3.8) is 0 Å². The first-order chi connectivity index (χ1) is 27.0. The Balaban J connectivity index is 1.06. The highest BCUT2D eigenvalue weighted by molar-refractivity contribution is 7.21. The van der Waals surface area contributed by atoms with Gasteiger partial charge in [-0.1, -0.05) is 153 Å². The van der Waals surface area contributed by atoms with Gasteiger partial charge in [0.2, 0.25) is 0 Å². The van der Waals surface area contributed by atoms with Gasteiger partial charge in [-0.25, -0.2) is 19.9 Å². The Bertz CT molecular complexity index is 3050. The van der Waals surface area contributed by atoms with Crippen LogP contribution in [0.1, 0.15) is 25.0 Å². The Morgan fingerprint density at radius 3 is 1.69 bits per heavy atom. The fraction of sp³-hybridized carbons (Fsp3) is 0.0612. The normalized spacial score (nSPS) is 13.1. The number of fused-ring (bicyclic) bond motifs is 8. The molecule has 7 aromatic carbocycles. The molecule has 1 aliphatic carbocycles. The smallest absolute Gasteiger partial charge is 0.167 e. The second kappa shape index (κ2) is 12.1. The lowest BCUT2D eigenvalue weighted by atomic mass is 9.81. The quantitative estimate of drug-likeness (QED) is 0.177. The zero-order valence-electron chi connectivity index (χ0n) is 30.1. The Kier molecular flexibility index (Phi) is 7.00. The highest BCUT2D eigenvalue weighted by Crippen LogP contribution is 2.53. The number of nitrogens with zero attached hydrogens (tertiary/aromatic N) is 4. The first-order valence-electron chi connectivity index (χ1n) is 18.5. The fourth-order valence-electron chi connectivity index (χ4n) is 8.32. The van der Waals surface area contributed by atoms with Crippen molar-refractivity contribution >= 4 is 43.5 Å². The summed E-state index contributed by atoms with van der Waals surface area (Å²) in [5.74, 6) is 1.80. The molecule has 0 radical (unpaired) electrons. The van der Waals surface area contributed by atoms with Crippen LogP contribution in [0.15, 0.2) is 162 Å². The van der Waals surface area contributed by atoms with Gasteiger partial charge < -0.3 is 4.42 Å². The molecule has 0 saturated carbocycles. The molecule has 3 aromatic heterocycles.